The van der Waals surface area contributed by atoms with Gasteiger partial charge in [-0.05, 0) is 49.4 Å². The number of hydrogen-bond acceptors (Lipinski definition) is 15. The van der Waals surface area contributed by atoms with Crippen molar-refractivity contribution in [2.24, 2.45) is 23.7 Å². The van der Waals surface area contributed by atoms with Crippen LogP contribution in [0.3, 0.4) is 0 Å². The number of hydrogen-bond donors (Lipinski definition) is 3. The standard InChI is InChI=1S/C76H148O17P2/c1-9-69(8)55-47-39-34-35-41-49-57-74(79)87-63-72(93-76(81)59-51-43-33-27-30-38-46-54-68(6)7)65-91-95(84,85)89-61-70(77)60-88-94(82,83)90-64-71(92-75(80)58-50-42-32-26-22-18-14-13-16-20-24-29-37-45-53-67(4)5)62-86-73(78)56-48-40-31-25-21-17-12-10-11-15-19-23-28-36-44-52-66(2)3/h66-72,77H,9-65H2,1-8H3,(H,82,83)(H,84,85)/t69?,70-,71-,72-/m1/s1. The monoisotopic (exact) mass is 1400 g/mol. The second-order valence-corrected chi connectivity index (χ2v) is 32.0. The van der Waals surface area contributed by atoms with E-state index >= 15 is 0 Å². The highest BCUT2D eigenvalue weighted by atomic mass is 31.2. The maximum absolute atomic E-state index is 13.1. The summed E-state index contributed by atoms with van der Waals surface area (Å²) < 4.78 is 68.5. The summed E-state index contributed by atoms with van der Waals surface area (Å²) in [6.07, 6.45) is 50.1. The highest BCUT2D eigenvalue weighted by molar-refractivity contribution is 7.47. The minimum absolute atomic E-state index is 0.102. The Bertz CT molecular complexity index is 1870. The summed E-state index contributed by atoms with van der Waals surface area (Å²) in [5.74, 6) is 0.904. The first-order valence-corrected chi connectivity index (χ1v) is 42.2. The summed E-state index contributed by atoms with van der Waals surface area (Å²) in [6.45, 7) is 14.1. The molecular weight excluding hydrogens is 1250 g/mol. The minimum atomic E-state index is -4.96. The first-order chi connectivity index (χ1) is 45.6. The van der Waals surface area contributed by atoms with Gasteiger partial charge in [-0.3, -0.25) is 37.3 Å². The Hall–Kier alpha value is -1.94. The van der Waals surface area contributed by atoms with Crippen LogP contribution in [0.2, 0.25) is 0 Å². The zero-order valence-corrected chi connectivity index (χ0v) is 64.1. The molecule has 3 unspecified atom stereocenters. The molecule has 564 valence electrons. The van der Waals surface area contributed by atoms with Crippen LogP contribution in [0.4, 0.5) is 0 Å². The molecule has 0 amide bonds. The lowest BCUT2D eigenvalue weighted by molar-refractivity contribution is -0.161. The van der Waals surface area contributed by atoms with Gasteiger partial charge >= 0.3 is 39.5 Å². The molecule has 0 heterocycles. The van der Waals surface area contributed by atoms with Gasteiger partial charge in [0, 0.05) is 25.7 Å². The normalized spacial score (nSPS) is 14.4. The summed E-state index contributed by atoms with van der Waals surface area (Å²) in [5, 5.41) is 10.6. The summed E-state index contributed by atoms with van der Waals surface area (Å²) in [5.41, 5.74) is 0. The lowest BCUT2D eigenvalue weighted by Gasteiger charge is -2.21. The molecule has 0 saturated carbocycles. The number of esters is 4. The van der Waals surface area contributed by atoms with Crippen molar-refractivity contribution in [1.82, 2.24) is 0 Å². The quantitative estimate of drug-likeness (QED) is 0.0222. The third-order valence-electron chi connectivity index (χ3n) is 17.9. The van der Waals surface area contributed by atoms with Crippen LogP contribution in [-0.4, -0.2) is 96.7 Å². The number of ether oxygens (including phenoxy) is 4. The van der Waals surface area contributed by atoms with Crippen molar-refractivity contribution in [2.75, 3.05) is 39.6 Å². The lowest BCUT2D eigenvalue weighted by atomic mass is 10.00. The zero-order valence-electron chi connectivity index (χ0n) is 62.3. The van der Waals surface area contributed by atoms with E-state index in [2.05, 4.69) is 55.4 Å². The van der Waals surface area contributed by atoms with Crippen LogP contribution in [0.5, 0.6) is 0 Å². The Morgan fingerprint density at radius 2 is 0.505 bits per heavy atom. The van der Waals surface area contributed by atoms with Crippen LogP contribution in [0.1, 0.15) is 383 Å². The highest BCUT2D eigenvalue weighted by Gasteiger charge is 2.30. The Kier molecular flexibility index (Phi) is 64.0. The van der Waals surface area contributed by atoms with E-state index < -0.39 is 97.5 Å². The zero-order chi connectivity index (χ0) is 70.3. The Morgan fingerprint density at radius 3 is 0.747 bits per heavy atom. The molecule has 0 radical (unpaired) electrons. The number of aliphatic hydroxyl groups excluding tert-OH is 1. The van der Waals surface area contributed by atoms with Gasteiger partial charge in [-0.25, -0.2) is 9.13 Å². The number of unbranched alkanes of at least 4 members (excludes halogenated alkanes) is 38. The molecule has 0 aliphatic rings. The number of rotatable bonds is 73. The smallest absolute Gasteiger partial charge is 0.462 e. The predicted octanol–water partition coefficient (Wildman–Crippen LogP) is 22.0. The van der Waals surface area contributed by atoms with Crippen molar-refractivity contribution >= 4 is 39.5 Å². The molecule has 0 aliphatic heterocycles. The number of phosphoric acid groups is 2. The van der Waals surface area contributed by atoms with Gasteiger partial charge in [-0.15, -0.1) is 0 Å². The second kappa shape index (κ2) is 65.4. The van der Waals surface area contributed by atoms with E-state index in [-0.39, 0.29) is 25.7 Å². The average Bonchev–Trinajstić information content (AvgIpc) is 1.83. The molecule has 0 aromatic rings. The number of carbonyl (C=O) groups is 4. The van der Waals surface area contributed by atoms with E-state index in [1.807, 2.05) is 0 Å². The Morgan fingerprint density at radius 1 is 0.295 bits per heavy atom. The second-order valence-electron chi connectivity index (χ2n) is 29.1. The number of aliphatic hydroxyl groups is 1. The van der Waals surface area contributed by atoms with Crippen LogP contribution in [0.25, 0.3) is 0 Å². The molecule has 0 aromatic heterocycles. The predicted molar refractivity (Wildman–Crippen MR) is 386 cm³/mol. The molecule has 19 heteroatoms. The molecule has 0 bridgehead atoms. The van der Waals surface area contributed by atoms with Crippen LogP contribution in [-0.2, 0) is 65.4 Å². The Labute approximate surface area is 581 Å². The molecule has 6 atom stereocenters. The van der Waals surface area contributed by atoms with Crippen LogP contribution in [0, 0.1) is 23.7 Å². The van der Waals surface area contributed by atoms with Crippen molar-refractivity contribution in [3.05, 3.63) is 0 Å². The van der Waals surface area contributed by atoms with Crippen molar-refractivity contribution < 1.29 is 80.2 Å². The van der Waals surface area contributed by atoms with Crippen LogP contribution in [0.15, 0.2) is 0 Å². The number of carbonyl (C=O) groups excluding carboxylic acids is 4. The molecule has 95 heavy (non-hydrogen) atoms. The van der Waals surface area contributed by atoms with Crippen molar-refractivity contribution in [1.29, 1.82) is 0 Å². The van der Waals surface area contributed by atoms with Crippen LogP contribution >= 0.6 is 15.6 Å². The third kappa shape index (κ3) is 69.0. The first kappa shape index (κ1) is 93.1. The molecule has 3 N–H and O–H groups in total. The SMILES string of the molecule is CCC(C)CCCCCCCCC(=O)OC[C@H](COP(=O)(O)OC[C@H](O)COP(=O)(O)OC[C@@H](COC(=O)CCCCCCCCCCCCCCCCCC(C)C)OC(=O)CCCCCCCCCCCCCCCCC(C)C)OC(=O)CCCCCCCCCC(C)C. The van der Waals surface area contributed by atoms with E-state index in [0.717, 1.165) is 114 Å². The van der Waals surface area contributed by atoms with Crippen LogP contribution < -0.4 is 0 Å². The molecule has 0 fully saturated rings. The van der Waals surface area contributed by atoms with E-state index in [0.29, 0.717) is 31.6 Å². The van der Waals surface area contributed by atoms with Gasteiger partial charge < -0.3 is 33.8 Å². The largest absolute Gasteiger partial charge is 0.472 e. The fraction of sp³-hybridized carbons (Fsp3) is 0.947. The molecule has 0 aliphatic carbocycles. The third-order valence-corrected chi connectivity index (χ3v) is 19.8. The molecule has 0 spiro atoms. The van der Waals surface area contributed by atoms with Gasteiger partial charge in [0.1, 0.15) is 19.3 Å². The lowest BCUT2D eigenvalue weighted by Crippen LogP contribution is -2.30. The molecular formula is C76H148O17P2. The Balaban J connectivity index is 5.23. The molecule has 0 saturated heterocycles. The van der Waals surface area contributed by atoms with E-state index in [1.54, 1.807) is 0 Å². The average molecular weight is 1400 g/mol. The van der Waals surface area contributed by atoms with Gasteiger partial charge in [0.05, 0.1) is 26.4 Å². The topological polar surface area (TPSA) is 237 Å². The van der Waals surface area contributed by atoms with Gasteiger partial charge in [0.25, 0.3) is 0 Å². The highest BCUT2D eigenvalue weighted by Crippen LogP contribution is 2.45. The van der Waals surface area contributed by atoms with Gasteiger partial charge in [0.2, 0.25) is 0 Å². The fourth-order valence-electron chi connectivity index (χ4n) is 11.5. The maximum Gasteiger partial charge on any atom is 0.472 e. The van der Waals surface area contributed by atoms with Crippen molar-refractivity contribution in [3.63, 3.8) is 0 Å². The van der Waals surface area contributed by atoms with E-state index in [4.69, 9.17) is 37.0 Å². The van der Waals surface area contributed by atoms with E-state index in [1.165, 1.54) is 180 Å². The molecule has 0 aromatic carbocycles. The van der Waals surface area contributed by atoms with Crippen molar-refractivity contribution in [3.8, 4) is 0 Å². The fourth-order valence-corrected chi connectivity index (χ4v) is 13.1. The van der Waals surface area contributed by atoms with E-state index in [9.17, 15) is 43.2 Å². The van der Waals surface area contributed by atoms with Crippen molar-refractivity contribution in [2.45, 2.75) is 401 Å². The summed E-state index contributed by atoms with van der Waals surface area (Å²) >= 11 is 0. The number of phosphoric ester groups is 2. The summed E-state index contributed by atoms with van der Waals surface area (Å²) in [7, 11) is -9.91. The summed E-state index contributed by atoms with van der Waals surface area (Å²) in [6, 6.07) is 0. The van der Waals surface area contributed by atoms with Gasteiger partial charge in [0.15, 0.2) is 12.2 Å². The molecule has 0 rings (SSSR count). The molecule has 17 nitrogen and oxygen atoms in total. The summed E-state index contributed by atoms with van der Waals surface area (Å²) in [4.78, 5) is 72.8. The van der Waals surface area contributed by atoms with Gasteiger partial charge in [-0.2, -0.15) is 0 Å². The first-order valence-electron chi connectivity index (χ1n) is 39.2. The minimum Gasteiger partial charge on any atom is -0.462 e. The van der Waals surface area contributed by atoms with Gasteiger partial charge in [-0.1, -0.05) is 331 Å². The maximum atomic E-state index is 13.1.